The van der Waals surface area contributed by atoms with Crippen LogP contribution in [0.15, 0.2) is 24.3 Å². The number of hydrogen-bond acceptors (Lipinski definition) is 2. The van der Waals surface area contributed by atoms with Gasteiger partial charge in [-0.1, -0.05) is 38.3 Å². The highest BCUT2D eigenvalue weighted by atomic mass is 19.1. The van der Waals surface area contributed by atoms with E-state index in [2.05, 4.69) is 10.6 Å². The summed E-state index contributed by atoms with van der Waals surface area (Å²) in [6.45, 7) is 2.56. The molecule has 0 radical (unpaired) electrons. The van der Waals surface area contributed by atoms with Gasteiger partial charge in [0.1, 0.15) is 11.4 Å². The molecular weight excluding hydrogens is 283 g/mol. The predicted molar refractivity (Wildman–Crippen MR) is 83.0 cm³/mol. The molecule has 1 aromatic carbocycles. The van der Waals surface area contributed by atoms with Crippen LogP contribution in [0.4, 0.5) is 4.39 Å². The number of halogens is 1. The van der Waals surface area contributed by atoms with Gasteiger partial charge in [0.05, 0.1) is 5.56 Å². The van der Waals surface area contributed by atoms with Crippen molar-refractivity contribution in [2.75, 3.05) is 6.54 Å². The summed E-state index contributed by atoms with van der Waals surface area (Å²) in [6.07, 6.45) is 4.86. The Morgan fingerprint density at radius 3 is 2.50 bits per heavy atom. The highest BCUT2D eigenvalue weighted by Crippen LogP contribution is 2.29. The Hall–Kier alpha value is -1.91. The summed E-state index contributed by atoms with van der Waals surface area (Å²) in [5, 5.41) is 5.67. The minimum atomic E-state index is -0.910. The molecule has 120 valence electrons. The summed E-state index contributed by atoms with van der Waals surface area (Å²) in [4.78, 5) is 24.9. The predicted octanol–water partition coefficient (Wildman–Crippen LogP) is 2.78. The van der Waals surface area contributed by atoms with Crippen molar-refractivity contribution in [3.05, 3.63) is 35.6 Å². The molecule has 2 amide bonds. The molecule has 22 heavy (non-hydrogen) atoms. The van der Waals surface area contributed by atoms with Crippen molar-refractivity contribution in [1.29, 1.82) is 0 Å². The van der Waals surface area contributed by atoms with Crippen molar-refractivity contribution in [3.8, 4) is 0 Å². The Kier molecular flexibility index (Phi) is 5.52. The second-order valence-electron chi connectivity index (χ2n) is 5.83. The molecule has 1 aliphatic rings. The van der Waals surface area contributed by atoms with Crippen molar-refractivity contribution < 1.29 is 14.0 Å². The third kappa shape index (κ3) is 3.64. The summed E-state index contributed by atoms with van der Waals surface area (Å²) in [5.74, 6) is -1.25. The van der Waals surface area contributed by atoms with E-state index in [1.54, 1.807) is 6.07 Å². The second-order valence-corrected chi connectivity index (χ2v) is 5.83. The first-order valence-electron chi connectivity index (χ1n) is 7.94. The van der Waals surface area contributed by atoms with Crippen molar-refractivity contribution >= 4 is 11.8 Å². The summed E-state index contributed by atoms with van der Waals surface area (Å²) in [5.41, 5.74) is -0.928. The second kappa shape index (κ2) is 7.38. The highest BCUT2D eigenvalue weighted by Gasteiger charge is 2.41. The largest absolute Gasteiger partial charge is 0.354 e. The van der Waals surface area contributed by atoms with Crippen LogP contribution in [0.25, 0.3) is 0 Å². The number of rotatable bonds is 5. The molecule has 0 atom stereocenters. The van der Waals surface area contributed by atoms with Crippen molar-refractivity contribution in [3.63, 3.8) is 0 Å². The molecule has 1 aliphatic carbocycles. The first kappa shape index (κ1) is 16.5. The molecule has 0 aromatic heterocycles. The van der Waals surface area contributed by atoms with Gasteiger partial charge >= 0.3 is 0 Å². The van der Waals surface area contributed by atoms with E-state index in [0.717, 1.165) is 25.7 Å². The highest BCUT2D eigenvalue weighted by molar-refractivity contribution is 5.99. The Labute approximate surface area is 130 Å². The molecule has 0 heterocycles. The molecule has 1 fully saturated rings. The van der Waals surface area contributed by atoms with Gasteiger partial charge < -0.3 is 10.6 Å². The van der Waals surface area contributed by atoms with Crippen LogP contribution in [0.3, 0.4) is 0 Å². The number of nitrogens with one attached hydrogen (secondary N) is 2. The summed E-state index contributed by atoms with van der Waals surface area (Å²) < 4.78 is 13.8. The SMILES string of the molecule is CCCNC(=O)C1(NC(=O)c2ccccc2F)CCCCC1. The van der Waals surface area contributed by atoms with E-state index in [0.29, 0.717) is 19.4 Å². The fourth-order valence-electron chi connectivity index (χ4n) is 2.90. The topological polar surface area (TPSA) is 58.2 Å². The van der Waals surface area contributed by atoms with Crippen LogP contribution >= 0.6 is 0 Å². The average Bonchev–Trinajstić information content (AvgIpc) is 2.53. The molecular formula is C17H23FN2O2. The molecule has 1 aromatic rings. The fourth-order valence-corrected chi connectivity index (χ4v) is 2.90. The zero-order valence-corrected chi connectivity index (χ0v) is 13.0. The molecule has 0 bridgehead atoms. The van der Waals surface area contributed by atoms with Crippen molar-refractivity contribution in [2.24, 2.45) is 0 Å². The van der Waals surface area contributed by atoms with Crippen LogP contribution in [-0.2, 0) is 4.79 Å². The Morgan fingerprint density at radius 2 is 1.86 bits per heavy atom. The molecule has 4 nitrogen and oxygen atoms in total. The first-order valence-corrected chi connectivity index (χ1v) is 7.94. The maximum atomic E-state index is 13.8. The van der Waals surface area contributed by atoms with E-state index in [1.807, 2.05) is 6.92 Å². The number of amides is 2. The number of carbonyl (C=O) groups excluding carboxylic acids is 2. The van der Waals surface area contributed by atoms with Crippen LogP contribution in [-0.4, -0.2) is 23.9 Å². The van der Waals surface area contributed by atoms with E-state index >= 15 is 0 Å². The normalized spacial score (nSPS) is 16.8. The van der Waals surface area contributed by atoms with Crippen molar-refractivity contribution in [1.82, 2.24) is 10.6 Å². The van der Waals surface area contributed by atoms with Gasteiger partial charge in [0, 0.05) is 6.54 Å². The van der Waals surface area contributed by atoms with E-state index < -0.39 is 17.3 Å². The van der Waals surface area contributed by atoms with Crippen molar-refractivity contribution in [2.45, 2.75) is 51.0 Å². The molecule has 1 saturated carbocycles. The zero-order chi connectivity index (χ0) is 16.0. The molecule has 5 heteroatoms. The molecule has 2 rings (SSSR count). The third-order valence-electron chi connectivity index (χ3n) is 4.15. The lowest BCUT2D eigenvalue weighted by Crippen LogP contribution is -2.59. The fraction of sp³-hybridized carbons (Fsp3) is 0.529. The number of benzene rings is 1. The van der Waals surface area contributed by atoms with E-state index in [9.17, 15) is 14.0 Å². The van der Waals surface area contributed by atoms with Crippen LogP contribution in [0, 0.1) is 5.82 Å². The lowest BCUT2D eigenvalue weighted by Gasteiger charge is -2.36. The smallest absolute Gasteiger partial charge is 0.255 e. The monoisotopic (exact) mass is 306 g/mol. The van der Waals surface area contributed by atoms with Crippen LogP contribution in [0.2, 0.25) is 0 Å². The number of carbonyl (C=O) groups is 2. The van der Waals surface area contributed by atoms with E-state index in [-0.39, 0.29) is 11.5 Å². The Balaban J connectivity index is 2.18. The summed E-state index contributed by atoms with van der Waals surface area (Å²) in [7, 11) is 0. The zero-order valence-electron chi connectivity index (χ0n) is 13.0. The van der Waals surface area contributed by atoms with Crippen LogP contribution in [0.5, 0.6) is 0 Å². The Morgan fingerprint density at radius 1 is 1.18 bits per heavy atom. The van der Waals surface area contributed by atoms with Gasteiger partial charge in [-0.05, 0) is 31.4 Å². The minimum absolute atomic E-state index is 0.0178. The van der Waals surface area contributed by atoms with E-state index in [4.69, 9.17) is 0 Å². The molecule has 0 unspecified atom stereocenters. The summed E-state index contributed by atoms with van der Waals surface area (Å²) in [6, 6.07) is 5.84. The average molecular weight is 306 g/mol. The third-order valence-corrected chi connectivity index (χ3v) is 4.15. The molecule has 2 N–H and O–H groups in total. The van der Waals surface area contributed by atoms with Gasteiger partial charge in [0.15, 0.2) is 0 Å². The van der Waals surface area contributed by atoms with Gasteiger partial charge in [-0.15, -0.1) is 0 Å². The lowest BCUT2D eigenvalue weighted by molar-refractivity contribution is -0.128. The lowest BCUT2D eigenvalue weighted by atomic mass is 9.80. The maximum Gasteiger partial charge on any atom is 0.255 e. The van der Waals surface area contributed by atoms with Gasteiger partial charge in [-0.2, -0.15) is 0 Å². The Bertz CT molecular complexity index is 539. The quantitative estimate of drug-likeness (QED) is 0.879. The van der Waals surface area contributed by atoms with Gasteiger partial charge in [-0.25, -0.2) is 4.39 Å². The molecule has 0 saturated heterocycles. The minimum Gasteiger partial charge on any atom is -0.354 e. The molecule has 0 aliphatic heterocycles. The van der Waals surface area contributed by atoms with Crippen LogP contribution < -0.4 is 10.6 Å². The first-order chi connectivity index (χ1) is 10.6. The standard InChI is InChI=1S/C17H23FN2O2/c1-2-12-19-16(22)17(10-6-3-7-11-17)20-15(21)13-8-4-5-9-14(13)18/h4-5,8-9H,2-3,6-7,10-12H2,1H3,(H,19,22)(H,20,21). The van der Waals surface area contributed by atoms with Crippen LogP contribution in [0.1, 0.15) is 55.8 Å². The maximum absolute atomic E-state index is 13.8. The number of hydrogen-bond donors (Lipinski definition) is 2. The van der Waals surface area contributed by atoms with E-state index in [1.165, 1.54) is 18.2 Å². The van der Waals surface area contributed by atoms with Gasteiger partial charge in [0.25, 0.3) is 5.91 Å². The molecule has 0 spiro atoms. The van der Waals surface area contributed by atoms with Gasteiger partial charge in [-0.3, -0.25) is 9.59 Å². The van der Waals surface area contributed by atoms with Gasteiger partial charge in [0.2, 0.25) is 5.91 Å². The summed E-state index contributed by atoms with van der Waals surface area (Å²) >= 11 is 0.